The molecule has 0 bridgehead atoms. The molecule has 1 aliphatic rings. The molecule has 1 rings (SSSR count). The van der Waals surface area contributed by atoms with Crippen molar-refractivity contribution >= 4 is 11.8 Å². The van der Waals surface area contributed by atoms with Crippen LogP contribution in [-0.4, -0.2) is 41.9 Å². The van der Waals surface area contributed by atoms with Gasteiger partial charge in [-0.3, -0.25) is 0 Å². The van der Waals surface area contributed by atoms with Crippen LogP contribution in [0.15, 0.2) is 12.3 Å². The Balaban J connectivity index is 2.20. The number of ether oxygens (including phenoxy) is 1. The van der Waals surface area contributed by atoms with E-state index in [1.165, 1.54) is 0 Å². The molecule has 2 N–H and O–H groups in total. The molecule has 1 heterocycles. The van der Waals surface area contributed by atoms with E-state index in [1.807, 2.05) is 6.26 Å². The Morgan fingerprint density at radius 2 is 2.47 bits per heavy atom. The first-order valence-electron chi connectivity index (χ1n) is 5.45. The highest BCUT2D eigenvalue weighted by molar-refractivity contribution is 7.99. The van der Waals surface area contributed by atoms with Gasteiger partial charge in [-0.25, -0.2) is 0 Å². The number of thioether (sulfide) groups is 1. The standard InChI is InChI=1S/C11H21NO2S/c1-9(11(8-13)15-2)12-7-10-5-3-4-6-14-10/h4,6,9-13H,3,5,7-8H2,1-2H3. The number of rotatable bonds is 6. The number of aliphatic hydroxyl groups excluding tert-OH is 1. The lowest BCUT2D eigenvalue weighted by Crippen LogP contribution is -2.42. The molecule has 0 aromatic carbocycles. The fourth-order valence-electron chi connectivity index (χ4n) is 1.62. The molecule has 0 aliphatic carbocycles. The van der Waals surface area contributed by atoms with Crippen molar-refractivity contribution in [2.75, 3.05) is 19.4 Å². The fraction of sp³-hybridized carbons (Fsp3) is 0.818. The van der Waals surface area contributed by atoms with Crippen LogP contribution in [-0.2, 0) is 4.74 Å². The molecule has 0 amide bonds. The molecule has 4 heteroatoms. The second kappa shape index (κ2) is 7.14. The third-order valence-corrected chi connectivity index (χ3v) is 3.89. The van der Waals surface area contributed by atoms with Crippen molar-refractivity contribution < 1.29 is 9.84 Å². The van der Waals surface area contributed by atoms with Crippen molar-refractivity contribution in [1.82, 2.24) is 5.32 Å². The van der Waals surface area contributed by atoms with E-state index in [9.17, 15) is 0 Å². The average molecular weight is 231 g/mol. The summed E-state index contributed by atoms with van der Waals surface area (Å²) < 4.78 is 5.46. The molecule has 3 unspecified atom stereocenters. The van der Waals surface area contributed by atoms with Gasteiger partial charge in [-0.1, -0.05) is 0 Å². The van der Waals surface area contributed by atoms with Gasteiger partial charge in [0.25, 0.3) is 0 Å². The summed E-state index contributed by atoms with van der Waals surface area (Å²) in [6, 6.07) is 0.319. The first-order chi connectivity index (χ1) is 7.27. The van der Waals surface area contributed by atoms with Gasteiger partial charge in [0.1, 0.15) is 6.10 Å². The number of hydrogen-bond donors (Lipinski definition) is 2. The summed E-state index contributed by atoms with van der Waals surface area (Å²) in [5.74, 6) is 0. The van der Waals surface area contributed by atoms with Crippen molar-refractivity contribution in [3.63, 3.8) is 0 Å². The Kier molecular flexibility index (Phi) is 6.13. The highest BCUT2D eigenvalue weighted by atomic mass is 32.2. The van der Waals surface area contributed by atoms with Gasteiger partial charge in [0.15, 0.2) is 0 Å². The monoisotopic (exact) mass is 231 g/mol. The summed E-state index contributed by atoms with van der Waals surface area (Å²) in [4.78, 5) is 0. The van der Waals surface area contributed by atoms with Crippen molar-refractivity contribution in [2.45, 2.75) is 37.2 Å². The van der Waals surface area contributed by atoms with Crippen LogP contribution in [0.4, 0.5) is 0 Å². The van der Waals surface area contributed by atoms with Gasteiger partial charge in [-0.15, -0.1) is 0 Å². The SMILES string of the molecule is CSC(CO)C(C)NCC1CCC=CO1. The summed E-state index contributed by atoms with van der Waals surface area (Å²) in [7, 11) is 0. The minimum Gasteiger partial charge on any atom is -0.497 e. The maximum Gasteiger partial charge on any atom is 0.110 e. The number of hydrogen-bond acceptors (Lipinski definition) is 4. The van der Waals surface area contributed by atoms with Crippen LogP contribution in [0.5, 0.6) is 0 Å². The molecule has 0 fully saturated rings. The number of allylic oxidation sites excluding steroid dienone is 1. The van der Waals surface area contributed by atoms with Crippen LogP contribution in [0.3, 0.4) is 0 Å². The van der Waals surface area contributed by atoms with Crippen LogP contribution in [0.25, 0.3) is 0 Å². The van der Waals surface area contributed by atoms with E-state index in [4.69, 9.17) is 9.84 Å². The molecule has 1 aliphatic heterocycles. The minimum absolute atomic E-state index is 0.223. The lowest BCUT2D eigenvalue weighted by Gasteiger charge is -2.25. The maximum atomic E-state index is 9.13. The second-order valence-corrected chi connectivity index (χ2v) is 4.94. The van der Waals surface area contributed by atoms with Gasteiger partial charge in [0.05, 0.1) is 12.9 Å². The number of nitrogens with one attached hydrogen (secondary N) is 1. The molecule has 3 nitrogen and oxygen atoms in total. The first kappa shape index (κ1) is 12.9. The zero-order valence-electron chi connectivity index (χ0n) is 9.48. The van der Waals surface area contributed by atoms with Crippen LogP contribution in [0.2, 0.25) is 0 Å². The second-order valence-electron chi connectivity index (χ2n) is 3.86. The molecule has 88 valence electrons. The molecule has 0 aromatic heterocycles. The highest BCUT2D eigenvalue weighted by Crippen LogP contribution is 2.12. The Bertz CT molecular complexity index is 195. The minimum atomic E-state index is 0.223. The van der Waals surface area contributed by atoms with Crippen LogP contribution in [0, 0.1) is 0 Å². The molecule has 0 radical (unpaired) electrons. The van der Waals surface area contributed by atoms with Gasteiger partial charge < -0.3 is 15.2 Å². The van der Waals surface area contributed by atoms with E-state index in [1.54, 1.807) is 18.0 Å². The topological polar surface area (TPSA) is 41.5 Å². The normalized spacial score (nSPS) is 24.6. The summed E-state index contributed by atoms with van der Waals surface area (Å²) >= 11 is 1.70. The molecule has 0 spiro atoms. The van der Waals surface area contributed by atoms with E-state index < -0.39 is 0 Å². The predicted molar refractivity (Wildman–Crippen MR) is 65.1 cm³/mol. The zero-order valence-corrected chi connectivity index (χ0v) is 10.3. The van der Waals surface area contributed by atoms with E-state index in [0.717, 1.165) is 19.4 Å². The zero-order chi connectivity index (χ0) is 11.1. The average Bonchev–Trinajstić information content (AvgIpc) is 2.29. The summed E-state index contributed by atoms with van der Waals surface area (Å²) in [6.45, 7) is 3.19. The predicted octanol–water partition coefficient (Wildman–Crippen LogP) is 1.38. The Morgan fingerprint density at radius 1 is 1.67 bits per heavy atom. The molecule has 0 saturated carbocycles. The molecule has 0 saturated heterocycles. The van der Waals surface area contributed by atoms with Gasteiger partial charge >= 0.3 is 0 Å². The largest absolute Gasteiger partial charge is 0.497 e. The van der Waals surface area contributed by atoms with Gasteiger partial charge in [0.2, 0.25) is 0 Å². The van der Waals surface area contributed by atoms with Crippen LogP contribution in [0.1, 0.15) is 19.8 Å². The van der Waals surface area contributed by atoms with Crippen molar-refractivity contribution in [3.05, 3.63) is 12.3 Å². The molecular weight excluding hydrogens is 210 g/mol. The van der Waals surface area contributed by atoms with E-state index in [-0.39, 0.29) is 11.9 Å². The summed E-state index contributed by atoms with van der Waals surface area (Å²) in [5.41, 5.74) is 0. The van der Waals surface area contributed by atoms with Crippen molar-refractivity contribution in [1.29, 1.82) is 0 Å². The van der Waals surface area contributed by atoms with Crippen molar-refractivity contribution in [2.24, 2.45) is 0 Å². The Hall–Kier alpha value is -0.190. The Labute approximate surface area is 96.3 Å². The molecule has 0 aromatic rings. The summed E-state index contributed by atoms with van der Waals surface area (Å²) in [6.07, 6.45) is 8.35. The Morgan fingerprint density at radius 3 is 3.00 bits per heavy atom. The quantitative estimate of drug-likeness (QED) is 0.725. The van der Waals surface area contributed by atoms with Crippen LogP contribution < -0.4 is 5.32 Å². The summed E-state index contributed by atoms with van der Waals surface area (Å²) in [5, 5.41) is 12.8. The lowest BCUT2D eigenvalue weighted by molar-refractivity contribution is 0.118. The van der Waals surface area contributed by atoms with Crippen molar-refractivity contribution in [3.8, 4) is 0 Å². The van der Waals surface area contributed by atoms with Gasteiger partial charge in [0, 0.05) is 17.8 Å². The maximum absolute atomic E-state index is 9.13. The first-order valence-corrected chi connectivity index (χ1v) is 6.74. The molecule has 3 atom stereocenters. The van der Waals surface area contributed by atoms with E-state index >= 15 is 0 Å². The number of aliphatic hydroxyl groups is 1. The third kappa shape index (κ3) is 4.45. The van der Waals surface area contributed by atoms with Gasteiger partial charge in [-0.2, -0.15) is 11.8 Å². The van der Waals surface area contributed by atoms with Crippen LogP contribution >= 0.6 is 11.8 Å². The lowest BCUT2D eigenvalue weighted by atomic mass is 10.1. The fourth-order valence-corrected chi connectivity index (χ4v) is 2.27. The highest BCUT2D eigenvalue weighted by Gasteiger charge is 2.17. The van der Waals surface area contributed by atoms with E-state index in [2.05, 4.69) is 18.3 Å². The molecular formula is C11H21NO2S. The van der Waals surface area contributed by atoms with E-state index in [0.29, 0.717) is 12.1 Å². The third-order valence-electron chi connectivity index (χ3n) is 2.73. The molecule has 15 heavy (non-hydrogen) atoms. The van der Waals surface area contributed by atoms with Gasteiger partial charge in [-0.05, 0) is 32.1 Å². The smallest absolute Gasteiger partial charge is 0.110 e.